The summed E-state index contributed by atoms with van der Waals surface area (Å²) in [5.41, 5.74) is -0.932. The second kappa shape index (κ2) is 6.87. The SMILES string of the molecule is COc1ccc2c(ccc3cnn(NS(=O)(=O)c4cc(C(F)(F)F)ccc4F)c32)c1. The number of alkyl halides is 3. The highest BCUT2D eigenvalue weighted by Gasteiger charge is 2.33. The lowest BCUT2D eigenvalue weighted by Crippen LogP contribution is -2.25. The first kappa shape index (κ1) is 20.0. The summed E-state index contributed by atoms with van der Waals surface area (Å²) in [6.07, 6.45) is -3.45. The van der Waals surface area contributed by atoms with Crippen LogP contribution in [-0.2, 0) is 16.2 Å². The molecular formula is C19H13F4N3O3S. The molecule has 1 N–H and O–H groups in total. The van der Waals surface area contributed by atoms with E-state index in [4.69, 9.17) is 4.74 Å². The van der Waals surface area contributed by atoms with Crippen molar-refractivity contribution in [3.63, 3.8) is 0 Å². The van der Waals surface area contributed by atoms with Gasteiger partial charge < -0.3 is 4.74 Å². The Labute approximate surface area is 167 Å². The van der Waals surface area contributed by atoms with Gasteiger partial charge in [-0.2, -0.15) is 36.3 Å². The molecule has 0 saturated heterocycles. The van der Waals surface area contributed by atoms with Gasteiger partial charge in [0, 0.05) is 10.8 Å². The smallest absolute Gasteiger partial charge is 0.416 e. The van der Waals surface area contributed by atoms with Crippen molar-refractivity contribution < 1.29 is 30.7 Å². The van der Waals surface area contributed by atoms with Gasteiger partial charge in [-0.15, -0.1) is 0 Å². The number of ether oxygens (including phenoxy) is 1. The van der Waals surface area contributed by atoms with Gasteiger partial charge in [-0.25, -0.2) is 4.39 Å². The molecular weight excluding hydrogens is 426 g/mol. The van der Waals surface area contributed by atoms with E-state index in [2.05, 4.69) is 5.10 Å². The Morgan fingerprint density at radius 2 is 1.77 bits per heavy atom. The van der Waals surface area contributed by atoms with Gasteiger partial charge in [-0.05, 0) is 41.8 Å². The molecule has 0 spiro atoms. The number of nitrogens with one attached hydrogen (secondary N) is 1. The fraction of sp³-hybridized carbons (Fsp3) is 0.105. The Kier molecular flexibility index (Phi) is 4.57. The average molecular weight is 439 g/mol. The predicted octanol–water partition coefficient (Wildman–Crippen LogP) is 4.29. The standard InChI is InChI=1S/C19H13F4N3O3S/c1-29-14-5-6-15-11(8-14)2-3-12-10-24-26(18(12)15)25-30(27,28)17-9-13(19(21,22)23)4-7-16(17)20/h2-10,25H,1H3. The second-order valence-corrected chi connectivity index (χ2v) is 8.01. The second-order valence-electron chi connectivity index (χ2n) is 6.38. The topological polar surface area (TPSA) is 73.2 Å². The lowest BCUT2D eigenvalue weighted by Gasteiger charge is -2.13. The normalized spacial score (nSPS) is 12.4. The third kappa shape index (κ3) is 3.41. The van der Waals surface area contributed by atoms with Crippen molar-refractivity contribution >= 4 is 31.7 Å². The Morgan fingerprint density at radius 3 is 2.47 bits per heavy atom. The number of methoxy groups -OCH3 is 1. The summed E-state index contributed by atoms with van der Waals surface area (Å²) in [5, 5.41) is 5.84. The van der Waals surface area contributed by atoms with Crippen molar-refractivity contribution in [1.82, 2.24) is 9.89 Å². The van der Waals surface area contributed by atoms with E-state index < -0.39 is 32.5 Å². The minimum Gasteiger partial charge on any atom is -0.497 e. The minimum absolute atomic E-state index is 0.242. The van der Waals surface area contributed by atoms with Crippen LogP contribution in [0, 0.1) is 5.82 Å². The Morgan fingerprint density at radius 1 is 1.03 bits per heavy atom. The molecule has 0 aliphatic heterocycles. The van der Waals surface area contributed by atoms with Crippen LogP contribution in [0.2, 0.25) is 0 Å². The molecule has 30 heavy (non-hydrogen) atoms. The van der Waals surface area contributed by atoms with Gasteiger partial charge in [0.05, 0.1) is 18.9 Å². The molecule has 0 aliphatic carbocycles. The number of aromatic nitrogens is 2. The zero-order chi connectivity index (χ0) is 21.7. The van der Waals surface area contributed by atoms with Crippen LogP contribution in [0.15, 0.2) is 59.6 Å². The fourth-order valence-corrected chi connectivity index (χ4v) is 4.14. The number of hydrogen-bond acceptors (Lipinski definition) is 4. The van der Waals surface area contributed by atoms with Gasteiger partial charge in [0.15, 0.2) is 0 Å². The maximum atomic E-state index is 14.1. The zero-order valence-corrected chi connectivity index (χ0v) is 16.1. The predicted molar refractivity (Wildman–Crippen MR) is 102 cm³/mol. The summed E-state index contributed by atoms with van der Waals surface area (Å²) < 4.78 is 83.5. The Balaban J connectivity index is 1.84. The molecule has 156 valence electrons. The van der Waals surface area contributed by atoms with Crippen LogP contribution in [0.3, 0.4) is 0 Å². The van der Waals surface area contributed by atoms with Crippen LogP contribution in [0.25, 0.3) is 21.7 Å². The summed E-state index contributed by atoms with van der Waals surface area (Å²) in [5.74, 6) is -0.735. The number of benzene rings is 3. The van der Waals surface area contributed by atoms with E-state index in [-0.39, 0.29) is 6.07 Å². The summed E-state index contributed by atoms with van der Waals surface area (Å²) in [7, 11) is -3.22. The molecule has 4 rings (SSSR count). The van der Waals surface area contributed by atoms with E-state index in [9.17, 15) is 26.0 Å². The molecule has 0 bridgehead atoms. The lowest BCUT2D eigenvalue weighted by atomic mass is 10.1. The average Bonchev–Trinajstić information content (AvgIpc) is 3.09. The van der Waals surface area contributed by atoms with Gasteiger partial charge in [-0.1, -0.05) is 12.1 Å². The van der Waals surface area contributed by atoms with Crippen molar-refractivity contribution in [2.75, 3.05) is 11.9 Å². The number of sulfonamides is 1. The molecule has 0 fully saturated rings. The van der Waals surface area contributed by atoms with Crippen LogP contribution >= 0.6 is 0 Å². The van der Waals surface area contributed by atoms with Crippen molar-refractivity contribution in [1.29, 1.82) is 0 Å². The van der Waals surface area contributed by atoms with E-state index in [1.807, 2.05) is 4.83 Å². The Bertz CT molecular complexity index is 1380. The van der Waals surface area contributed by atoms with E-state index in [1.54, 1.807) is 30.3 Å². The molecule has 0 radical (unpaired) electrons. The molecule has 0 amide bonds. The highest BCUT2D eigenvalue weighted by atomic mass is 32.2. The van der Waals surface area contributed by atoms with E-state index in [0.717, 1.165) is 4.79 Å². The number of fused-ring (bicyclic) bond motifs is 3. The van der Waals surface area contributed by atoms with E-state index in [1.165, 1.54) is 13.3 Å². The highest BCUT2D eigenvalue weighted by molar-refractivity contribution is 7.92. The van der Waals surface area contributed by atoms with Crippen molar-refractivity contribution in [2.24, 2.45) is 0 Å². The lowest BCUT2D eigenvalue weighted by molar-refractivity contribution is -0.137. The quantitative estimate of drug-likeness (QED) is 0.482. The summed E-state index contributed by atoms with van der Waals surface area (Å²) in [6, 6.07) is 9.74. The van der Waals surface area contributed by atoms with Crippen molar-refractivity contribution in [2.45, 2.75) is 11.1 Å². The Hall–Kier alpha value is -3.34. The fourth-order valence-electron chi connectivity index (χ4n) is 3.07. The molecule has 0 unspecified atom stereocenters. The van der Waals surface area contributed by atoms with Gasteiger partial charge in [0.25, 0.3) is 10.0 Å². The molecule has 11 heteroatoms. The molecule has 3 aromatic carbocycles. The molecule has 1 heterocycles. The first-order chi connectivity index (χ1) is 14.1. The highest BCUT2D eigenvalue weighted by Crippen LogP contribution is 2.32. The maximum Gasteiger partial charge on any atom is 0.416 e. The number of hydrogen-bond donors (Lipinski definition) is 1. The van der Waals surface area contributed by atoms with Crippen LogP contribution in [-0.4, -0.2) is 25.4 Å². The molecule has 4 aromatic rings. The molecule has 0 atom stereocenters. The molecule has 1 aromatic heterocycles. The third-order valence-electron chi connectivity index (χ3n) is 4.51. The van der Waals surface area contributed by atoms with Gasteiger partial charge in [0.1, 0.15) is 22.0 Å². The molecule has 0 saturated carbocycles. The van der Waals surface area contributed by atoms with Crippen LogP contribution < -0.4 is 9.57 Å². The first-order valence-corrected chi connectivity index (χ1v) is 9.92. The zero-order valence-electron chi connectivity index (χ0n) is 15.2. The van der Waals surface area contributed by atoms with Crippen LogP contribution in [0.1, 0.15) is 5.56 Å². The van der Waals surface area contributed by atoms with Gasteiger partial charge >= 0.3 is 6.18 Å². The van der Waals surface area contributed by atoms with Gasteiger partial charge in [0.2, 0.25) is 0 Å². The summed E-state index contributed by atoms with van der Waals surface area (Å²) in [6.45, 7) is 0. The van der Waals surface area contributed by atoms with Gasteiger partial charge in [-0.3, -0.25) is 0 Å². The van der Waals surface area contributed by atoms with Crippen molar-refractivity contribution in [3.8, 4) is 5.75 Å². The van der Waals surface area contributed by atoms with E-state index in [0.29, 0.717) is 39.6 Å². The summed E-state index contributed by atoms with van der Waals surface area (Å²) in [4.78, 5) is 1.79. The monoisotopic (exact) mass is 439 g/mol. The number of nitrogens with zero attached hydrogens (tertiary/aromatic N) is 2. The third-order valence-corrected chi connectivity index (χ3v) is 5.81. The van der Waals surface area contributed by atoms with Crippen LogP contribution in [0.5, 0.6) is 5.75 Å². The number of halogens is 4. The largest absolute Gasteiger partial charge is 0.497 e. The summed E-state index contributed by atoms with van der Waals surface area (Å²) >= 11 is 0. The van der Waals surface area contributed by atoms with Crippen LogP contribution in [0.4, 0.5) is 17.6 Å². The maximum absolute atomic E-state index is 14.1. The molecule has 0 aliphatic rings. The molecule has 6 nitrogen and oxygen atoms in total. The first-order valence-electron chi connectivity index (χ1n) is 8.44. The van der Waals surface area contributed by atoms with E-state index >= 15 is 0 Å². The minimum atomic E-state index is -4.83. The van der Waals surface area contributed by atoms with Crippen molar-refractivity contribution in [3.05, 3.63) is 66.1 Å². The number of rotatable bonds is 4.